The molecule has 1 aliphatic heterocycles. The highest BCUT2D eigenvalue weighted by molar-refractivity contribution is 7.89. The van der Waals surface area contributed by atoms with Crippen LogP contribution < -0.4 is 10.9 Å². The van der Waals surface area contributed by atoms with Crippen molar-refractivity contribution in [3.8, 4) is 0 Å². The molecule has 34 heavy (non-hydrogen) atoms. The zero-order valence-corrected chi connectivity index (χ0v) is 19.9. The van der Waals surface area contributed by atoms with Gasteiger partial charge in [-0.1, -0.05) is 23.5 Å². The summed E-state index contributed by atoms with van der Waals surface area (Å²) in [4.78, 5) is 36.5. The second-order valence-corrected chi connectivity index (χ2v) is 11.2. The van der Waals surface area contributed by atoms with Crippen molar-refractivity contribution in [2.45, 2.75) is 37.0 Å². The molecule has 3 heterocycles. The molecule has 0 radical (unpaired) electrons. The molecule has 176 valence electrons. The summed E-state index contributed by atoms with van der Waals surface area (Å²) in [7, 11) is -3.51. The number of rotatable bonds is 7. The Bertz CT molecular complexity index is 1540. The summed E-state index contributed by atoms with van der Waals surface area (Å²) in [6, 6.07) is 12.0. The third-order valence-electron chi connectivity index (χ3n) is 5.79. The maximum Gasteiger partial charge on any atom is 0.258 e. The van der Waals surface area contributed by atoms with Crippen molar-refractivity contribution < 1.29 is 13.2 Å². The van der Waals surface area contributed by atoms with Crippen LogP contribution in [0.4, 0.5) is 5.13 Å². The van der Waals surface area contributed by atoms with Gasteiger partial charge in [-0.3, -0.25) is 9.59 Å². The Morgan fingerprint density at radius 1 is 1.09 bits per heavy atom. The van der Waals surface area contributed by atoms with Crippen LogP contribution in [0.3, 0.4) is 0 Å². The van der Waals surface area contributed by atoms with Gasteiger partial charge in [-0.05, 0) is 49.6 Å². The Morgan fingerprint density at radius 2 is 1.88 bits per heavy atom. The van der Waals surface area contributed by atoms with Gasteiger partial charge in [0.15, 0.2) is 5.13 Å². The number of anilines is 1. The van der Waals surface area contributed by atoms with Gasteiger partial charge in [0.2, 0.25) is 15.9 Å². The molecule has 1 fully saturated rings. The number of aromatic amines is 1. The van der Waals surface area contributed by atoms with Crippen molar-refractivity contribution in [2.75, 3.05) is 18.4 Å². The zero-order valence-electron chi connectivity index (χ0n) is 18.3. The first kappa shape index (κ1) is 22.6. The van der Waals surface area contributed by atoms with Gasteiger partial charge in [-0.2, -0.15) is 4.31 Å². The molecule has 1 aliphatic rings. The number of hydrogen-bond acceptors (Lipinski definition) is 7. The molecular formula is C23H23N5O4S2. The van der Waals surface area contributed by atoms with Crippen LogP contribution in [-0.2, 0) is 21.2 Å². The molecule has 2 aromatic carbocycles. The van der Waals surface area contributed by atoms with Crippen molar-refractivity contribution in [3.05, 3.63) is 58.6 Å². The van der Waals surface area contributed by atoms with Crippen molar-refractivity contribution in [3.63, 3.8) is 0 Å². The van der Waals surface area contributed by atoms with Crippen LogP contribution in [0.5, 0.6) is 0 Å². The number of sulfonamides is 1. The lowest BCUT2D eigenvalue weighted by Gasteiger charge is -2.15. The molecule has 0 unspecified atom stereocenters. The average Bonchev–Trinajstić information content (AvgIpc) is 3.49. The van der Waals surface area contributed by atoms with Crippen LogP contribution in [0.2, 0.25) is 0 Å². The number of nitrogens with one attached hydrogen (secondary N) is 2. The number of thiazole rings is 1. The SMILES string of the molecule is O=C(CCCc1nc2ccccc2c(=O)[nH]1)Nc1nc2ccc(S(=O)(=O)N3CCCC3)cc2s1. The summed E-state index contributed by atoms with van der Waals surface area (Å²) in [5.41, 5.74) is 1.08. The summed E-state index contributed by atoms with van der Waals surface area (Å²) in [5, 5.41) is 3.75. The molecule has 0 bridgehead atoms. The highest BCUT2D eigenvalue weighted by atomic mass is 32.2. The smallest absolute Gasteiger partial charge is 0.258 e. The number of amides is 1. The Morgan fingerprint density at radius 3 is 2.71 bits per heavy atom. The number of nitrogens with zero attached hydrogens (tertiary/aromatic N) is 3. The van der Waals surface area contributed by atoms with E-state index in [1.165, 1.54) is 15.6 Å². The number of hydrogen-bond donors (Lipinski definition) is 2. The summed E-state index contributed by atoms with van der Waals surface area (Å²) >= 11 is 1.25. The maximum absolute atomic E-state index is 12.8. The van der Waals surface area contributed by atoms with Gasteiger partial charge in [-0.25, -0.2) is 18.4 Å². The molecule has 5 rings (SSSR count). The fourth-order valence-corrected chi connectivity index (χ4v) is 6.59. The summed E-state index contributed by atoms with van der Waals surface area (Å²) in [5.74, 6) is 0.343. The first-order valence-corrected chi connectivity index (χ1v) is 13.3. The minimum absolute atomic E-state index is 0.189. The van der Waals surface area contributed by atoms with Crippen LogP contribution >= 0.6 is 11.3 Å². The Kier molecular flexibility index (Phi) is 6.15. The van der Waals surface area contributed by atoms with E-state index in [2.05, 4.69) is 20.3 Å². The fourth-order valence-electron chi connectivity index (χ4n) is 4.05. The first-order valence-electron chi connectivity index (χ1n) is 11.1. The van der Waals surface area contributed by atoms with Gasteiger partial charge >= 0.3 is 0 Å². The van der Waals surface area contributed by atoms with Crippen molar-refractivity contribution >= 4 is 53.5 Å². The zero-order chi connectivity index (χ0) is 23.7. The van der Waals surface area contributed by atoms with Gasteiger partial charge in [0.25, 0.3) is 5.56 Å². The van der Waals surface area contributed by atoms with Gasteiger partial charge in [-0.15, -0.1) is 0 Å². The van der Waals surface area contributed by atoms with E-state index in [-0.39, 0.29) is 22.8 Å². The highest BCUT2D eigenvalue weighted by Crippen LogP contribution is 2.30. The molecule has 0 saturated carbocycles. The fraction of sp³-hybridized carbons (Fsp3) is 0.304. The van der Waals surface area contributed by atoms with Gasteiger partial charge in [0, 0.05) is 25.9 Å². The summed E-state index contributed by atoms with van der Waals surface area (Å²) in [6.07, 6.45) is 2.97. The van der Waals surface area contributed by atoms with Crippen LogP contribution in [0, 0.1) is 0 Å². The van der Waals surface area contributed by atoms with Crippen LogP contribution in [0.15, 0.2) is 52.2 Å². The van der Waals surface area contributed by atoms with Gasteiger partial charge in [0.1, 0.15) is 5.82 Å². The number of fused-ring (bicyclic) bond motifs is 2. The third kappa shape index (κ3) is 4.59. The number of carbonyl (C=O) groups excluding carboxylic acids is 1. The number of benzene rings is 2. The Hall–Kier alpha value is -3.15. The van der Waals surface area contributed by atoms with E-state index in [0.29, 0.717) is 58.0 Å². The van der Waals surface area contributed by atoms with E-state index < -0.39 is 10.0 Å². The van der Waals surface area contributed by atoms with E-state index in [4.69, 9.17) is 0 Å². The molecule has 2 N–H and O–H groups in total. The number of aromatic nitrogens is 3. The van der Waals surface area contributed by atoms with E-state index in [0.717, 1.165) is 12.8 Å². The van der Waals surface area contributed by atoms with Crippen molar-refractivity contribution in [1.82, 2.24) is 19.3 Å². The van der Waals surface area contributed by atoms with Gasteiger partial charge < -0.3 is 10.3 Å². The average molecular weight is 498 g/mol. The normalized spacial score (nSPS) is 14.7. The molecule has 1 saturated heterocycles. The molecule has 11 heteroatoms. The first-order chi connectivity index (χ1) is 16.4. The molecule has 1 amide bonds. The van der Waals surface area contributed by atoms with Crippen LogP contribution in [-0.4, -0.2) is 46.7 Å². The summed E-state index contributed by atoms with van der Waals surface area (Å²) < 4.78 is 27.8. The molecule has 2 aromatic heterocycles. The molecule has 0 aliphatic carbocycles. The van der Waals surface area contributed by atoms with Gasteiger partial charge in [0.05, 0.1) is 26.0 Å². The largest absolute Gasteiger partial charge is 0.310 e. The second kappa shape index (κ2) is 9.24. The minimum Gasteiger partial charge on any atom is -0.310 e. The van der Waals surface area contributed by atoms with E-state index in [1.807, 2.05) is 6.07 Å². The van der Waals surface area contributed by atoms with E-state index in [9.17, 15) is 18.0 Å². The quantitative estimate of drug-likeness (QED) is 0.404. The predicted octanol–water partition coefficient (Wildman–Crippen LogP) is 3.28. The molecule has 9 nitrogen and oxygen atoms in total. The maximum atomic E-state index is 12.8. The third-order valence-corrected chi connectivity index (χ3v) is 8.62. The highest BCUT2D eigenvalue weighted by Gasteiger charge is 2.27. The Balaban J connectivity index is 1.22. The molecular weight excluding hydrogens is 474 g/mol. The summed E-state index contributed by atoms with van der Waals surface area (Å²) in [6.45, 7) is 1.10. The lowest BCUT2D eigenvalue weighted by molar-refractivity contribution is -0.116. The Labute approximate surface area is 199 Å². The number of para-hydroxylation sites is 1. The van der Waals surface area contributed by atoms with E-state index >= 15 is 0 Å². The topological polar surface area (TPSA) is 125 Å². The minimum atomic E-state index is -3.51. The monoisotopic (exact) mass is 497 g/mol. The predicted molar refractivity (Wildman–Crippen MR) is 132 cm³/mol. The lowest BCUT2D eigenvalue weighted by atomic mass is 10.2. The van der Waals surface area contributed by atoms with Crippen LogP contribution in [0.25, 0.3) is 21.1 Å². The standard InChI is InChI=1S/C23H23N5O4S2/c29-21(9-5-8-20-24-17-7-2-1-6-16(17)22(30)26-20)27-23-25-18-11-10-15(14-19(18)33-23)34(31,32)28-12-3-4-13-28/h1-2,6-7,10-11,14H,3-5,8-9,12-13H2,(H,24,26,30)(H,25,27,29). The molecule has 0 atom stereocenters. The number of aryl methyl sites for hydroxylation is 1. The van der Waals surface area contributed by atoms with E-state index in [1.54, 1.807) is 36.4 Å². The van der Waals surface area contributed by atoms with Crippen molar-refractivity contribution in [2.24, 2.45) is 0 Å². The number of H-pyrrole nitrogens is 1. The lowest BCUT2D eigenvalue weighted by Crippen LogP contribution is -2.27. The van der Waals surface area contributed by atoms with Crippen LogP contribution in [0.1, 0.15) is 31.5 Å². The molecule has 4 aromatic rings. The number of carbonyl (C=O) groups is 1. The second-order valence-electron chi connectivity index (χ2n) is 8.19. The molecule has 0 spiro atoms. The van der Waals surface area contributed by atoms with Crippen molar-refractivity contribution in [1.29, 1.82) is 0 Å².